The topological polar surface area (TPSA) is 286 Å². The molecule has 8 rings (SSSR count). The van der Waals surface area contributed by atoms with Gasteiger partial charge in [-0.15, -0.1) is 11.3 Å². The van der Waals surface area contributed by atoms with Gasteiger partial charge >= 0.3 is 0 Å². The van der Waals surface area contributed by atoms with E-state index < -0.39 is 24.0 Å². The SMILES string of the molecule is Cc1cc(C)c(CNC(=O)c2cc(-c3ccc(N4CCN(CCNC(=O)COCCOCCOCCOCCOCC(=O)NCC(=O)N5C[C@H](O)C[C@H]5C(=O)NCc5ccc(-c6scnc6C)cc5)CC4)nc3)cc3c2cnn3C(C)C)c(=O)[nH]1. The number of thiazole rings is 1. The van der Waals surface area contributed by atoms with Gasteiger partial charge in [-0.3, -0.25) is 38.3 Å². The van der Waals surface area contributed by atoms with Crippen molar-refractivity contribution in [3.8, 4) is 21.6 Å². The third-order valence-corrected chi connectivity index (χ3v) is 15.6. The molecule has 2 aliphatic rings. The van der Waals surface area contributed by atoms with Crippen LogP contribution in [-0.2, 0) is 56.0 Å². The highest BCUT2D eigenvalue weighted by molar-refractivity contribution is 7.13. The van der Waals surface area contributed by atoms with Gasteiger partial charge in [-0.2, -0.15) is 5.10 Å². The van der Waals surface area contributed by atoms with Gasteiger partial charge in [-0.05, 0) is 87.2 Å². The number of nitrogens with zero attached hydrogens (tertiary/aromatic N) is 7. The van der Waals surface area contributed by atoms with E-state index >= 15 is 0 Å². The fraction of sp³-hybridized carbons (Fsp3) is 0.483. The van der Waals surface area contributed by atoms with E-state index in [1.807, 2.05) is 100 Å². The number of likely N-dealkylation sites (tertiary alicyclic amines) is 1. The van der Waals surface area contributed by atoms with Crippen LogP contribution in [0.3, 0.4) is 0 Å². The number of rotatable bonds is 31. The molecule has 0 bridgehead atoms. The predicted octanol–water partition coefficient (Wildman–Crippen LogP) is 3.06. The molecule has 0 spiro atoms. The van der Waals surface area contributed by atoms with Crippen LogP contribution in [0.15, 0.2) is 77.3 Å². The Morgan fingerprint density at radius 3 is 2.02 bits per heavy atom. The molecule has 2 saturated heterocycles. The number of anilines is 1. The van der Waals surface area contributed by atoms with Crippen LogP contribution >= 0.6 is 11.3 Å². The maximum atomic E-state index is 13.8. The average Bonchev–Trinajstić information content (AvgIpc) is 3.21. The molecular weight excluding hydrogens is 1110 g/mol. The Morgan fingerprint density at radius 1 is 0.741 bits per heavy atom. The lowest BCUT2D eigenvalue weighted by atomic mass is 10.0. The second-order valence-electron chi connectivity index (χ2n) is 21.2. The zero-order chi connectivity index (χ0) is 60.2. The number of H-pyrrole nitrogens is 1. The molecule has 0 radical (unpaired) electrons. The summed E-state index contributed by atoms with van der Waals surface area (Å²) in [6.07, 6.45) is 2.80. The molecule has 0 unspecified atom stereocenters. The van der Waals surface area contributed by atoms with Crippen molar-refractivity contribution in [2.24, 2.45) is 0 Å². The van der Waals surface area contributed by atoms with Crippen molar-refractivity contribution in [2.75, 3.05) is 123 Å². The number of carbonyl (C=O) groups excluding carboxylic acids is 5. The third kappa shape index (κ3) is 18.3. The molecule has 2 atom stereocenters. The van der Waals surface area contributed by atoms with Crippen LogP contribution in [0.1, 0.15) is 64.7 Å². The molecule has 6 heterocycles. The van der Waals surface area contributed by atoms with Gasteiger partial charge in [0.1, 0.15) is 25.1 Å². The summed E-state index contributed by atoms with van der Waals surface area (Å²) in [5, 5.41) is 26.9. The van der Waals surface area contributed by atoms with E-state index in [0.29, 0.717) is 57.3 Å². The first-order chi connectivity index (χ1) is 41.1. The summed E-state index contributed by atoms with van der Waals surface area (Å²) in [4.78, 5) is 96.1. The monoisotopic (exact) mass is 1190 g/mol. The number of aliphatic hydroxyl groups is 1. The Kier molecular flexibility index (Phi) is 23.6. The predicted molar refractivity (Wildman–Crippen MR) is 320 cm³/mol. The maximum Gasteiger partial charge on any atom is 0.253 e. The molecule has 6 aromatic rings. The number of pyridine rings is 2. The number of ether oxygens (including phenoxy) is 5. The molecule has 6 N–H and O–H groups in total. The molecule has 2 aliphatic heterocycles. The molecule has 24 nitrogen and oxygen atoms in total. The smallest absolute Gasteiger partial charge is 0.253 e. The number of β-amino-alcohol motifs (C(OH)–C–C–N with tert-alkyl or cyclic N) is 1. The van der Waals surface area contributed by atoms with E-state index in [4.69, 9.17) is 28.7 Å². The minimum atomic E-state index is -0.856. The van der Waals surface area contributed by atoms with Gasteiger partial charge in [0.15, 0.2) is 0 Å². The lowest BCUT2D eigenvalue weighted by Crippen LogP contribution is -2.49. The van der Waals surface area contributed by atoms with Crippen LogP contribution in [0.4, 0.5) is 5.82 Å². The van der Waals surface area contributed by atoms with E-state index in [1.54, 1.807) is 23.0 Å². The maximum absolute atomic E-state index is 13.8. The van der Waals surface area contributed by atoms with Gasteiger partial charge in [0.25, 0.3) is 11.5 Å². The number of aromatic nitrogens is 5. The van der Waals surface area contributed by atoms with E-state index in [2.05, 4.69) is 46.1 Å². The van der Waals surface area contributed by atoms with Crippen molar-refractivity contribution >= 4 is 57.6 Å². The van der Waals surface area contributed by atoms with Crippen LogP contribution in [0.25, 0.3) is 32.5 Å². The lowest BCUT2D eigenvalue weighted by Gasteiger charge is -2.35. The standard InChI is InChI=1S/C60H78N12O12S/c1-39(2)72-51-28-46(27-48(50(51)33-67-72)58(77)65-32-49-40(3)26-41(4)68-59(49)78)45-10-11-53(62-31-45)70-16-14-69(15-17-70)13-12-61-54(74)36-83-24-22-81-20-18-80-19-21-82-23-25-84-37-55(75)63-34-56(76)71-35-47(73)29-52(71)60(79)64-30-43-6-8-44(9-7-43)57-42(5)66-38-85-57/h6-11,26-28,31,33,38-39,47,52,73H,12-25,29-30,32,34-37H2,1-5H3,(H,61,74)(H,63,75)(H,64,79)(H,65,77)(H,68,78)/t47-,52+/m1/s1. The van der Waals surface area contributed by atoms with Crippen LogP contribution in [0.2, 0.25) is 0 Å². The number of amides is 5. The van der Waals surface area contributed by atoms with Crippen LogP contribution in [0, 0.1) is 20.8 Å². The molecule has 85 heavy (non-hydrogen) atoms. The molecule has 0 saturated carbocycles. The second kappa shape index (κ2) is 31.6. The van der Waals surface area contributed by atoms with E-state index in [1.165, 1.54) is 4.90 Å². The fourth-order valence-electron chi connectivity index (χ4n) is 10.1. The first-order valence-corrected chi connectivity index (χ1v) is 29.6. The normalized spacial score (nSPS) is 15.4. The molecule has 25 heteroatoms. The van der Waals surface area contributed by atoms with Crippen molar-refractivity contribution < 1.29 is 52.8 Å². The van der Waals surface area contributed by atoms with Crippen LogP contribution in [0.5, 0.6) is 0 Å². The van der Waals surface area contributed by atoms with Gasteiger partial charge in [-0.1, -0.05) is 24.3 Å². The zero-order valence-electron chi connectivity index (χ0n) is 49.0. The molecule has 5 amide bonds. The largest absolute Gasteiger partial charge is 0.391 e. The van der Waals surface area contributed by atoms with Crippen molar-refractivity contribution in [3.63, 3.8) is 0 Å². The summed E-state index contributed by atoms with van der Waals surface area (Å²) in [5.74, 6) is -1.01. The summed E-state index contributed by atoms with van der Waals surface area (Å²) in [5.41, 5.74) is 9.55. The molecule has 2 aromatic carbocycles. The highest BCUT2D eigenvalue weighted by atomic mass is 32.1. The Bertz CT molecular complexity index is 3250. The fourth-order valence-corrected chi connectivity index (χ4v) is 10.9. The zero-order valence-corrected chi connectivity index (χ0v) is 49.8. The minimum Gasteiger partial charge on any atom is -0.391 e. The third-order valence-electron chi connectivity index (χ3n) is 14.6. The lowest BCUT2D eigenvalue weighted by molar-refractivity contribution is -0.139. The molecule has 0 aliphatic carbocycles. The van der Waals surface area contributed by atoms with Crippen molar-refractivity contribution in [1.82, 2.24) is 55.8 Å². The first kappa shape index (κ1) is 63.5. The summed E-state index contributed by atoms with van der Waals surface area (Å²) in [6.45, 7) is 16.0. The van der Waals surface area contributed by atoms with Gasteiger partial charge in [0.05, 0.1) is 98.9 Å². The number of hydrogen-bond donors (Lipinski definition) is 6. The summed E-state index contributed by atoms with van der Waals surface area (Å²) in [6, 6.07) is 16.8. The summed E-state index contributed by atoms with van der Waals surface area (Å²) >= 11 is 1.56. The number of aliphatic hydroxyl groups excluding tert-OH is 1. The Balaban J connectivity index is 0.609. The Hall–Kier alpha value is -7.49. The minimum absolute atomic E-state index is 0.00748. The van der Waals surface area contributed by atoms with Gasteiger partial charge in [0, 0.05) is 99.8 Å². The molecule has 4 aromatic heterocycles. The number of aromatic amines is 1. The highest BCUT2D eigenvalue weighted by Crippen LogP contribution is 2.31. The van der Waals surface area contributed by atoms with E-state index in [0.717, 1.165) is 87.0 Å². The quantitative estimate of drug-likeness (QED) is 0.0341. The molecule has 456 valence electrons. The van der Waals surface area contributed by atoms with E-state index in [9.17, 15) is 33.9 Å². The number of hydrogen-bond acceptors (Lipinski definition) is 18. The average molecular weight is 1190 g/mol. The number of fused-ring (bicyclic) bond motifs is 1. The Morgan fingerprint density at radius 2 is 1.40 bits per heavy atom. The molecule has 2 fully saturated rings. The summed E-state index contributed by atoms with van der Waals surface area (Å²) < 4.78 is 29.3. The second-order valence-corrected chi connectivity index (χ2v) is 22.1. The van der Waals surface area contributed by atoms with E-state index in [-0.39, 0.29) is 95.0 Å². The van der Waals surface area contributed by atoms with Gasteiger partial charge < -0.3 is 64.8 Å². The van der Waals surface area contributed by atoms with Crippen molar-refractivity contribution in [2.45, 2.75) is 72.3 Å². The van der Waals surface area contributed by atoms with Crippen molar-refractivity contribution in [1.29, 1.82) is 0 Å². The van der Waals surface area contributed by atoms with Crippen LogP contribution < -0.4 is 31.7 Å². The van der Waals surface area contributed by atoms with Crippen molar-refractivity contribution in [3.05, 3.63) is 116 Å². The number of aryl methyl sites for hydroxylation is 3. The number of piperazine rings is 1. The number of carbonyl (C=O) groups is 5. The van der Waals surface area contributed by atoms with Gasteiger partial charge in [-0.25, -0.2) is 9.97 Å². The van der Waals surface area contributed by atoms with Crippen LogP contribution in [-0.4, -0.2) is 200 Å². The number of nitrogens with one attached hydrogen (secondary N) is 5. The number of benzene rings is 2. The Labute approximate surface area is 497 Å². The molecular formula is C60H78N12O12S. The van der Waals surface area contributed by atoms with Gasteiger partial charge in [0.2, 0.25) is 23.6 Å². The summed E-state index contributed by atoms with van der Waals surface area (Å²) in [7, 11) is 0. The highest BCUT2D eigenvalue weighted by Gasteiger charge is 2.38. The first-order valence-electron chi connectivity index (χ1n) is 28.7.